The molecule has 0 spiro atoms. The molecule has 1 aromatic carbocycles. The van der Waals surface area contributed by atoms with Crippen LogP contribution in [0.5, 0.6) is 0 Å². The van der Waals surface area contributed by atoms with Crippen molar-refractivity contribution in [2.45, 2.75) is 27.3 Å². The van der Waals surface area contributed by atoms with Gasteiger partial charge in [0.05, 0.1) is 16.2 Å². The zero-order chi connectivity index (χ0) is 18.4. The van der Waals surface area contributed by atoms with E-state index < -0.39 is 54.8 Å². The van der Waals surface area contributed by atoms with Crippen molar-refractivity contribution in [2.75, 3.05) is 5.73 Å². The second-order valence-electron chi connectivity index (χ2n) is 4.08. The summed E-state index contributed by atoms with van der Waals surface area (Å²) in [6, 6.07) is 0.0257. The van der Waals surface area contributed by atoms with Gasteiger partial charge in [0.1, 0.15) is 5.69 Å². The van der Waals surface area contributed by atoms with E-state index in [1.165, 1.54) is 15.9 Å². The van der Waals surface area contributed by atoms with Gasteiger partial charge < -0.3 is 10.3 Å². The average Bonchev–Trinajstić information content (AvgIpc) is 2.37. The van der Waals surface area contributed by atoms with Gasteiger partial charge in [-0.05, 0) is 22.0 Å². The van der Waals surface area contributed by atoms with E-state index in [1.54, 1.807) is 0 Å². The van der Waals surface area contributed by atoms with Crippen molar-refractivity contribution in [1.29, 1.82) is 0 Å². The molecule has 0 aliphatic heterocycles. The first-order valence-electron chi connectivity index (χ1n) is 5.25. The highest BCUT2D eigenvalue weighted by molar-refractivity contribution is 9.10. The fourth-order valence-corrected chi connectivity index (χ4v) is 3.03. The van der Waals surface area contributed by atoms with Crippen LogP contribution in [0.4, 0.5) is 40.8 Å². The van der Waals surface area contributed by atoms with E-state index in [4.69, 9.17) is 17.3 Å². The Kier molecular flexibility index (Phi) is 5.77. The van der Waals surface area contributed by atoms with Crippen LogP contribution in [0.2, 0.25) is 5.02 Å². The van der Waals surface area contributed by atoms with Crippen LogP contribution >= 0.6 is 27.5 Å². The van der Waals surface area contributed by atoms with Crippen molar-refractivity contribution < 1.29 is 39.7 Å². The molecule has 0 saturated carbocycles. The number of alkyl halides is 9. The Bertz CT molecular complexity index is 579. The van der Waals surface area contributed by atoms with Gasteiger partial charge in [-0.1, -0.05) is 11.6 Å². The Hall–Kier alpha value is -0.460. The van der Waals surface area contributed by atoms with Crippen LogP contribution in [0.15, 0.2) is 17.0 Å². The monoisotopic (exact) mass is 453 g/mol. The molecule has 0 radical (unpaired) electrons. The van der Waals surface area contributed by atoms with Gasteiger partial charge >= 0.3 is 22.4 Å². The van der Waals surface area contributed by atoms with Crippen molar-refractivity contribution in [1.82, 2.24) is 0 Å². The largest absolute Gasteiger partial charge is 0.607 e. The molecule has 2 nitrogen and oxygen atoms in total. The SMILES string of the molecule is Nc1c(Cl)cc(C(F)(C(F)(F)F)C(F)(F)Br)cc1[S+]([O-])C(F)F. The molecule has 23 heavy (non-hydrogen) atoms. The van der Waals surface area contributed by atoms with Crippen LogP contribution in [0, 0.1) is 0 Å². The van der Waals surface area contributed by atoms with Gasteiger partial charge in [-0.2, -0.15) is 30.7 Å². The fourth-order valence-electron chi connectivity index (χ4n) is 1.54. The Morgan fingerprint density at radius 3 is 1.96 bits per heavy atom. The maximum atomic E-state index is 14.2. The normalized spacial score (nSPS) is 17.2. The molecule has 2 atom stereocenters. The molecule has 13 heteroatoms. The molecule has 0 aromatic heterocycles. The quantitative estimate of drug-likeness (QED) is 0.302. The number of hydrogen-bond acceptors (Lipinski definition) is 2. The van der Waals surface area contributed by atoms with E-state index in [1.807, 2.05) is 0 Å². The lowest BCUT2D eigenvalue weighted by Gasteiger charge is -2.32. The van der Waals surface area contributed by atoms with E-state index in [0.717, 1.165) is 0 Å². The maximum absolute atomic E-state index is 14.2. The number of hydrogen-bond donors (Lipinski definition) is 1. The fraction of sp³-hybridized carbons (Fsp3) is 0.400. The lowest BCUT2D eigenvalue weighted by Crippen LogP contribution is -2.49. The molecule has 0 amide bonds. The van der Waals surface area contributed by atoms with Gasteiger partial charge in [-0.3, -0.25) is 0 Å². The molecule has 0 aliphatic carbocycles. The molecule has 1 aromatic rings. The summed E-state index contributed by atoms with van der Waals surface area (Å²) in [5.41, 5.74) is -2.79. The van der Waals surface area contributed by atoms with Crippen LogP contribution in [0.25, 0.3) is 0 Å². The van der Waals surface area contributed by atoms with Gasteiger partial charge in [0.2, 0.25) is 0 Å². The highest BCUT2D eigenvalue weighted by Crippen LogP contribution is 2.56. The number of benzene rings is 1. The third kappa shape index (κ3) is 3.64. The zero-order valence-corrected chi connectivity index (χ0v) is 13.6. The number of nitrogens with two attached hydrogens (primary N) is 1. The molecule has 0 heterocycles. The molecule has 132 valence electrons. The molecular weight excluding hydrogens is 450 g/mol. The number of nitrogen functional groups attached to an aromatic ring is 1. The van der Waals surface area contributed by atoms with Crippen molar-refractivity contribution in [2.24, 2.45) is 0 Å². The summed E-state index contributed by atoms with van der Waals surface area (Å²) < 4.78 is 115. The Morgan fingerprint density at radius 1 is 1.13 bits per heavy atom. The molecule has 0 bridgehead atoms. The summed E-state index contributed by atoms with van der Waals surface area (Å²) >= 11 is 3.36. The Morgan fingerprint density at radius 2 is 1.61 bits per heavy atom. The second kappa shape index (κ2) is 6.45. The molecule has 0 fully saturated rings. The first kappa shape index (κ1) is 20.6. The van der Waals surface area contributed by atoms with Gasteiger partial charge in [-0.15, -0.1) is 0 Å². The van der Waals surface area contributed by atoms with Crippen LogP contribution in [-0.2, 0) is 16.8 Å². The highest BCUT2D eigenvalue weighted by atomic mass is 79.9. The van der Waals surface area contributed by atoms with E-state index in [0.29, 0.717) is 0 Å². The third-order valence-electron chi connectivity index (χ3n) is 2.65. The van der Waals surface area contributed by atoms with Crippen LogP contribution in [0.3, 0.4) is 0 Å². The van der Waals surface area contributed by atoms with E-state index in [-0.39, 0.29) is 12.1 Å². The first-order valence-corrected chi connectivity index (χ1v) is 7.63. The van der Waals surface area contributed by atoms with Gasteiger partial charge in [0.25, 0.3) is 0 Å². The van der Waals surface area contributed by atoms with Crippen LogP contribution < -0.4 is 5.73 Å². The summed E-state index contributed by atoms with van der Waals surface area (Å²) in [6.45, 7) is 0. The van der Waals surface area contributed by atoms with E-state index >= 15 is 0 Å². The first-order chi connectivity index (χ1) is 10.1. The van der Waals surface area contributed by atoms with Crippen molar-refractivity contribution >= 4 is 44.4 Å². The second-order valence-corrected chi connectivity index (χ2v) is 6.88. The molecule has 0 aliphatic rings. The van der Waals surface area contributed by atoms with Crippen LogP contribution in [-0.4, -0.2) is 21.3 Å². The summed E-state index contributed by atoms with van der Waals surface area (Å²) in [7, 11) is 0. The molecule has 0 saturated heterocycles. The lowest BCUT2D eigenvalue weighted by atomic mass is 9.95. The number of halogens is 10. The van der Waals surface area contributed by atoms with Gasteiger partial charge in [0.15, 0.2) is 4.90 Å². The highest BCUT2D eigenvalue weighted by Gasteiger charge is 2.71. The standard InChI is InChI=1S/C10H5BrClF8NOS/c11-9(16,17)8(15,10(18,19)20)3-1-4(12)6(21)5(2-3)23(22)7(13)14/h1-2,7H,21H2. The lowest BCUT2D eigenvalue weighted by molar-refractivity contribution is -0.282. The molecule has 2 N–H and O–H groups in total. The Balaban J connectivity index is 3.71. The summed E-state index contributed by atoms with van der Waals surface area (Å²) in [5, 5.41) is -0.936. The summed E-state index contributed by atoms with van der Waals surface area (Å²) in [4.78, 5) is -6.35. The van der Waals surface area contributed by atoms with Gasteiger partial charge in [0, 0.05) is 11.6 Å². The predicted octanol–water partition coefficient (Wildman–Crippen LogP) is 4.97. The molecule has 2 unspecified atom stereocenters. The third-order valence-corrected chi connectivity index (χ3v) is 4.60. The summed E-state index contributed by atoms with van der Waals surface area (Å²) in [5.74, 6) is -3.60. The average molecular weight is 455 g/mol. The predicted molar refractivity (Wildman–Crippen MR) is 71.0 cm³/mol. The van der Waals surface area contributed by atoms with Crippen molar-refractivity contribution in [3.63, 3.8) is 0 Å². The maximum Gasteiger partial charge on any atom is 0.433 e. The minimum Gasteiger partial charge on any atom is -0.607 e. The van der Waals surface area contributed by atoms with Gasteiger partial charge in [-0.25, -0.2) is 4.39 Å². The summed E-state index contributed by atoms with van der Waals surface area (Å²) in [6.07, 6.45) is -6.15. The topological polar surface area (TPSA) is 49.1 Å². The molecule has 1 rings (SSSR count). The molecular formula is C10H5BrClF8NOS. The zero-order valence-electron chi connectivity index (χ0n) is 10.4. The minimum absolute atomic E-state index is 0.0772. The van der Waals surface area contributed by atoms with Crippen molar-refractivity contribution in [3.05, 3.63) is 22.7 Å². The minimum atomic E-state index is -6.15. The number of rotatable bonds is 4. The van der Waals surface area contributed by atoms with Crippen molar-refractivity contribution in [3.8, 4) is 0 Å². The van der Waals surface area contributed by atoms with Crippen LogP contribution in [0.1, 0.15) is 5.56 Å². The Labute approximate surface area is 140 Å². The number of anilines is 1. The van der Waals surface area contributed by atoms with E-state index in [9.17, 15) is 39.7 Å². The smallest absolute Gasteiger partial charge is 0.433 e. The van der Waals surface area contributed by atoms with E-state index in [2.05, 4.69) is 0 Å².